The van der Waals surface area contributed by atoms with Gasteiger partial charge in [0, 0.05) is 6.04 Å². The first-order chi connectivity index (χ1) is 8.02. The van der Waals surface area contributed by atoms with E-state index in [1.54, 1.807) is 31.2 Å². The number of amides is 1. The van der Waals surface area contributed by atoms with Gasteiger partial charge in [-0.3, -0.25) is 0 Å². The lowest BCUT2D eigenvalue weighted by Crippen LogP contribution is -2.32. The Bertz CT molecular complexity index is 399. The molecule has 0 aliphatic rings. The number of ether oxygens (including phenoxy) is 1. The number of esters is 1. The molecule has 1 rings (SSSR count). The molecule has 1 aromatic rings. The summed E-state index contributed by atoms with van der Waals surface area (Å²) in [6.07, 6.45) is -0.461. The van der Waals surface area contributed by atoms with Crippen LogP contribution in [-0.4, -0.2) is 30.3 Å². The lowest BCUT2D eigenvalue weighted by molar-refractivity contribution is 0.0600. The molecule has 2 N–H and O–H groups in total. The summed E-state index contributed by atoms with van der Waals surface area (Å²) in [5.41, 5.74) is 1.44. The Morgan fingerprint density at radius 3 is 2.41 bits per heavy atom. The largest absolute Gasteiger partial charge is 0.465 e. The highest BCUT2D eigenvalue weighted by atomic mass is 16.5. The summed E-state index contributed by atoms with van der Waals surface area (Å²) in [6, 6.07) is 6.72. The average Bonchev–Trinajstić information content (AvgIpc) is 2.28. The second-order valence-electron chi connectivity index (χ2n) is 3.74. The van der Waals surface area contributed by atoms with Crippen molar-refractivity contribution in [2.45, 2.75) is 19.4 Å². The summed E-state index contributed by atoms with van der Waals surface area (Å²) in [5, 5.41) is 10.9. The number of carboxylic acid groups (broad SMARTS) is 1. The zero-order valence-electron chi connectivity index (χ0n) is 9.77. The van der Waals surface area contributed by atoms with Crippen LogP contribution >= 0.6 is 0 Å². The van der Waals surface area contributed by atoms with E-state index in [-0.39, 0.29) is 12.0 Å². The highest BCUT2D eigenvalue weighted by Crippen LogP contribution is 2.08. The van der Waals surface area contributed by atoms with Crippen LogP contribution in [0.4, 0.5) is 4.79 Å². The van der Waals surface area contributed by atoms with Gasteiger partial charge in [-0.1, -0.05) is 12.1 Å². The quantitative estimate of drug-likeness (QED) is 0.781. The molecule has 1 unspecified atom stereocenters. The molecule has 92 valence electrons. The Balaban J connectivity index is 2.62. The molecule has 0 saturated carbocycles. The third kappa shape index (κ3) is 4.14. The van der Waals surface area contributed by atoms with Crippen LogP contribution in [0.15, 0.2) is 24.3 Å². The molecular formula is C12H15NO4. The number of carbonyl (C=O) groups excluding carboxylic acids is 1. The van der Waals surface area contributed by atoms with Gasteiger partial charge >= 0.3 is 12.1 Å². The summed E-state index contributed by atoms with van der Waals surface area (Å²) in [6.45, 7) is 1.78. The van der Waals surface area contributed by atoms with Gasteiger partial charge in [0.05, 0.1) is 12.7 Å². The molecule has 0 spiro atoms. The Hall–Kier alpha value is -2.04. The van der Waals surface area contributed by atoms with Gasteiger partial charge in [0.15, 0.2) is 0 Å². The number of benzene rings is 1. The van der Waals surface area contributed by atoms with Gasteiger partial charge in [0.1, 0.15) is 0 Å². The first-order valence-corrected chi connectivity index (χ1v) is 5.19. The minimum absolute atomic E-state index is 0.170. The summed E-state index contributed by atoms with van der Waals surface area (Å²) < 4.78 is 4.58. The minimum Gasteiger partial charge on any atom is -0.465 e. The SMILES string of the molecule is COC(=O)c1ccc(CC(C)NC(=O)O)cc1. The van der Waals surface area contributed by atoms with E-state index in [9.17, 15) is 9.59 Å². The lowest BCUT2D eigenvalue weighted by Gasteiger charge is -2.11. The maximum absolute atomic E-state index is 11.2. The predicted molar refractivity (Wildman–Crippen MR) is 62.1 cm³/mol. The van der Waals surface area contributed by atoms with E-state index < -0.39 is 6.09 Å². The molecule has 1 atom stereocenters. The molecule has 0 bridgehead atoms. The Kier molecular flexibility index (Phi) is 4.51. The van der Waals surface area contributed by atoms with E-state index in [4.69, 9.17) is 5.11 Å². The topological polar surface area (TPSA) is 75.6 Å². The highest BCUT2D eigenvalue weighted by molar-refractivity contribution is 5.89. The number of hydrogen-bond acceptors (Lipinski definition) is 3. The molecule has 0 aliphatic carbocycles. The zero-order valence-corrected chi connectivity index (χ0v) is 9.77. The van der Waals surface area contributed by atoms with E-state index >= 15 is 0 Å². The molecule has 0 fully saturated rings. The van der Waals surface area contributed by atoms with Crippen molar-refractivity contribution in [1.29, 1.82) is 0 Å². The summed E-state index contributed by atoms with van der Waals surface area (Å²) in [5.74, 6) is -0.381. The first-order valence-electron chi connectivity index (χ1n) is 5.19. The van der Waals surface area contributed by atoms with Crippen molar-refractivity contribution in [1.82, 2.24) is 5.32 Å². The van der Waals surface area contributed by atoms with Crippen molar-refractivity contribution in [2.75, 3.05) is 7.11 Å². The van der Waals surface area contributed by atoms with Crippen molar-refractivity contribution >= 4 is 12.1 Å². The van der Waals surface area contributed by atoms with Gasteiger partial charge in [-0.2, -0.15) is 0 Å². The van der Waals surface area contributed by atoms with Crippen LogP contribution in [0, 0.1) is 0 Å². The molecule has 0 radical (unpaired) electrons. The summed E-state index contributed by atoms with van der Waals surface area (Å²) >= 11 is 0. The van der Waals surface area contributed by atoms with Gasteiger partial charge in [0.25, 0.3) is 0 Å². The van der Waals surface area contributed by atoms with E-state index in [2.05, 4.69) is 10.1 Å². The number of methoxy groups -OCH3 is 1. The maximum Gasteiger partial charge on any atom is 0.404 e. The maximum atomic E-state index is 11.2. The van der Waals surface area contributed by atoms with E-state index in [0.717, 1.165) is 5.56 Å². The molecule has 1 amide bonds. The molecule has 1 aromatic carbocycles. The van der Waals surface area contributed by atoms with Gasteiger partial charge in [-0.15, -0.1) is 0 Å². The standard InChI is InChI=1S/C12H15NO4/c1-8(13-12(15)16)7-9-3-5-10(6-4-9)11(14)17-2/h3-6,8,13H,7H2,1-2H3,(H,15,16). The molecule has 0 aromatic heterocycles. The van der Waals surface area contributed by atoms with Crippen LogP contribution in [0.3, 0.4) is 0 Å². The Labute approximate surface area is 99.4 Å². The molecular weight excluding hydrogens is 222 g/mol. The fourth-order valence-corrected chi connectivity index (χ4v) is 1.51. The van der Waals surface area contributed by atoms with Crippen LogP contribution in [0.5, 0.6) is 0 Å². The molecule has 5 heteroatoms. The zero-order chi connectivity index (χ0) is 12.8. The van der Waals surface area contributed by atoms with Crippen LogP contribution in [0.2, 0.25) is 0 Å². The lowest BCUT2D eigenvalue weighted by atomic mass is 10.1. The molecule has 0 aliphatic heterocycles. The van der Waals surface area contributed by atoms with Crippen molar-refractivity contribution in [3.63, 3.8) is 0 Å². The minimum atomic E-state index is -1.04. The van der Waals surface area contributed by atoms with Gasteiger partial charge in [0.2, 0.25) is 0 Å². The molecule has 5 nitrogen and oxygen atoms in total. The summed E-state index contributed by atoms with van der Waals surface area (Å²) in [7, 11) is 1.33. The van der Waals surface area contributed by atoms with E-state index in [1.165, 1.54) is 7.11 Å². The van der Waals surface area contributed by atoms with E-state index in [0.29, 0.717) is 12.0 Å². The third-order valence-corrected chi connectivity index (χ3v) is 2.29. The van der Waals surface area contributed by atoms with Crippen LogP contribution < -0.4 is 5.32 Å². The average molecular weight is 237 g/mol. The van der Waals surface area contributed by atoms with Crippen molar-refractivity contribution in [2.24, 2.45) is 0 Å². The van der Waals surface area contributed by atoms with Crippen molar-refractivity contribution in [3.8, 4) is 0 Å². The van der Waals surface area contributed by atoms with E-state index in [1.807, 2.05) is 0 Å². The normalized spacial score (nSPS) is 11.6. The molecule has 17 heavy (non-hydrogen) atoms. The molecule has 0 heterocycles. The van der Waals surface area contributed by atoms with Crippen LogP contribution in [-0.2, 0) is 11.2 Å². The highest BCUT2D eigenvalue weighted by Gasteiger charge is 2.08. The first kappa shape index (κ1) is 13.0. The van der Waals surface area contributed by atoms with Gasteiger partial charge < -0.3 is 15.2 Å². The summed E-state index contributed by atoms with van der Waals surface area (Å²) in [4.78, 5) is 21.6. The number of hydrogen-bond donors (Lipinski definition) is 2. The van der Waals surface area contributed by atoms with Crippen molar-refractivity contribution in [3.05, 3.63) is 35.4 Å². The van der Waals surface area contributed by atoms with Gasteiger partial charge in [-0.25, -0.2) is 9.59 Å². The fraction of sp³-hybridized carbons (Fsp3) is 0.333. The second kappa shape index (κ2) is 5.89. The second-order valence-corrected chi connectivity index (χ2v) is 3.74. The van der Waals surface area contributed by atoms with Crippen molar-refractivity contribution < 1.29 is 19.4 Å². The Morgan fingerprint density at radius 1 is 1.35 bits per heavy atom. The number of rotatable bonds is 4. The third-order valence-electron chi connectivity index (χ3n) is 2.29. The van der Waals surface area contributed by atoms with Crippen LogP contribution in [0.25, 0.3) is 0 Å². The number of carbonyl (C=O) groups is 2. The smallest absolute Gasteiger partial charge is 0.404 e. The fourth-order valence-electron chi connectivity index (χ4n) is 1.51. The molecule has 0 saturated heterocycles. The predicted octanol–water partition coefficient (Wildman–Crippen LogP) is 1.67. The van der Waals surface area contributed by atoms with Crippen LogP contribution in [0.1, 0.15) is 22.8 Å². The number of nitrogens with one attached hydrogen (secondary N) is 1. The van der Waals surface area contributed by atoms with Gasteiger partial charge in [-0.05, 0) is 31.0 Å². The monoisotopic (exact) mass is 237 g/mol. The Morgan fingerprint density at radius 2 is 1.94 bits per heavy atom.